The van der Waals surface area contributed by atoms with E-state index in [0.717, 1.165) is 11.2 Å². The van der Waals surface area contributed by atoms with E-state index in [0.29, 0.717) is 0 Å². The summed E-state index contributed by atoms with van der Waals surface area (Å²) in [6.45, 7) is 0. The zero-order chi connectivity index (χ0) is 9.38. The highest BCUT2D eigenvalue weighted by molar-refractivity contribution is 5.88. The molecule has 0 spiro atoms. The third-order valence-electron chi connectivity index (χ3n) is 2.35. The first-order chi connectivity index (χ1) is 6.95. The fourth-order valence-electron chi connectivity index (χ4n) is 1.67. The van der Waals surface area contributed by atoms with Crippen LogP contribution in [0.15, 0.2) is 49.2 Å². The molecule has 2 heterocycles. The van der Waals surface area contributed by atoms with Crippen LogP contribution in [0.5, 0.6) is 0 Å². The van der Waals surface area contributed by atoms with Crippen LogP contribution in [0.4, 0.5) is 0 Å². The molecule has 0 radical (unpaired) electrons. The van der Waals surface area contributed by atoms with Gasteiger partial charge in [0, 0.05) is 29.5 Å². The van der Waals surface area contributed by atoms with Crippen molar-refractivity contribution >= 4 is 10.9 Å². The summed E-state index contributed by atoms with van der Waals surface area (Å²) < 4.78 is 2.00. The summed E-state index contributed by atoms with van der Waals surface area (Å²) in [5.41, 5.74) is 2.29. The molecule has 68 valence electrons. The number of imidazole rings is 1. The van der Waals surface area contributed by atoms with Crippen molar-refractivity contribution in [3.05, 3.63) is 49.2 Å². The maximum Gasteiger partial charge on any atom is 0.0992 e. The molecular formula is C11H9N3. The van der Waals surface area contributed by atoms with Crippen molar-refractivity contribution in [1.82, 2.24) is 14.5 Å². The van der Waals surface area contributed by atoms with Gasteiger partial charge in [0.1, 0.15) is 0 Å². The predicted octanol–water partition coefficient (Wildman–Crippen LogP) is 2.35. The molecule has 1 N–H and O–H groups in total. The van der Waals surface area contributed by atoms with Crippen LogP contribution in [0.25, 0.3) is 16.6 Å². The molecule has 0 saturated carbocycles. The minimum Gasteiger partial charge on any atom is -0.359 e. The molecule has 3 heteroatoms. The van der Waals surface area contributed by atoms with Crippen LogP contribution < -0.4 is 0 Å². The molecular weight excluding hydrogens is 174 g/mol. The average molecular weight is 183 g/mol. The van der Waals surface area contributed by atoms with E-state index in [1.54, 1.807) is 12.5 Å². The third-order valence-corrected chi connectivity index (χ3v) is 2.35. The van der Waals surface area contributed by atoms with E-state index in [1.165, 1.54) is 5.39 Å². The van der Waals surface area contributed by atoms with Crippen LogP contribution in [0.1, 0.15) is 0 Å². The summed E-state index contributed by atoms with van der Waals surface area (Å²) in [6.07, 6.45) is 7.51. The van der Waals surface area contributed by atoms with Crippen molar-refractivity contribution in [3.63, 3.8) is 0 Å². The molecule has 1 aromatic carbocycles. The Labute approximate surface area is 81.0 Å². The Morgan fingerprint density at radius 2 is 2.14 bits per heavy atom. The van der Waals surface area contributed by atoms with Gasteiger partial charge in [0.25, 0.3) is 0 Å². The Kier molecular flexibility index (Phi) is 1.44. The van der Waals surface area contributed by atoms with Gasteiger partial charge < -0.3 is 9.55 Å². The van der Waals surface area contributed by atoms with Gasteiger partial charge in [-0.3, -0.25) is 0 Å². The molecule has 0 unspecified atom stereocenters. The van der Waals surface area contributed by atoms with Crippen molar-refractivity contribution in [1.29, 1.82) is 0 Å². The maximum absolute atomic E-state index is 4.03. The van der Waals surface area contributed by atoms with E-state index in [4.69, 9.17) is 0 Å². The van der Waals surface area contributed by atoms with E-state index in [2.05, 4.69) is 22.1 Å². The lowest BCUT2D eigenvalue weighted by Crippen LogP contribution is -1.86. The molecule has 0 aliphatic carbocycles. The number of hydrogen-bond donors (Lipinski definition) is 1. The van der Waals surface area contributed by atoms with Crippen LogP contribution >= 0.6 is 0 Å². The number of nitrogens with one attached hydrogen (secondary N) is 1. The van der Waals surface area contributed by atoms with E-state index in [-0.39, 0.29) is 0 Å². The fraction of sp³-hybridized carbons (Fsp3) is 0. The lowest BCUT2D eigenvalue weighted by atomic mass is 10.2. The number of nitrogens with zero attached hydrogens (tertiary/aromatic N) is 2. The number of rotatable bonds is 1. The summed E-state index contributed by atoms with van der Waals surface area (Å²) in [6, 6.07) is 8.23. The van der Waals surface area contributed by atoms with Crippen molar-refractivity contribution in [2.75, 3.05) is 0 Å². The molecule has 0 saturated heterocycles. The molecule has 14 heavy (non-hydrogen) atoms. The molecule has 0 aliphatic heterocycles. The van der Waals surface area contributed by atoms with Gasteiger partial charge in [-0.2, -0.15) is 0 Å². The normalized spacial score (nSPS) is 10.9. The topological polar surface area (TPSA) is 33.6 Å². The highest BCUT2D eigenvalue weighted by Crippen LogP contribution is 2.20. The van der Waals surface area contributed by atoms with Gasteiger partial charge in [-0.25, -0.2) is 4.98 Å². The van der Waals surface area contributed by atoms with E-state index in [9.17, 15) is 0 Å². The zero-order valence-corrected chi connectivity index (χ0v) is 7.51. The smallest absolute Gasteiger partial charge is 0.0992 e. The lowest BCUT2D eigenvalue weighted by molar-refractivity contribution is 1.07. The molecule has 0 atom stereocenters. The second-order valence-corrected chi connectivity index (χ2v) is 3.19. The number of aromatic nitrogens is 3. The van der Waals surface area contributed by atoms with Crippen molar-refractivity contribution < 1.29 is 0 Å². The summed E-state index contributed by atoms with van der Waals surface area (Å²) in [5, 5.41) is 1.21. The van der Waals surface area contributed by atoms with Gasteiger partial charge in [-0.15, -0.1) is 0 Å². The van der Waals surface area contributed by atoms with Gasteiger partial charge in [0.15, 0.2) is 0 Å². The SMILES string of the molecule is c1ccc2c(-n3ccnc3)c[nH]c2c1. The van der Waals surface area contributed by atoms with Crippen molar-refractivity contribution in [2.24, 2.45) is 0 Å². The Morgan fingerprint density at radius 3 is 3.00 bits per heavy atom. The van der Waals surface area contributed by atoms with Gasteiger partial charge in [-0.1, -0.05) is 18.2 Å². The Hall–Kier alpha value is -2.03. The standard InChI is InChI=1S/C11H9N3/c1-2-4-10-9(3-1)11(7-13-10)14-6-5-12-8-14/h1-8,13H. The fourth-order valence-corrected chi connectivity index (χ4v) is 1.67. The lowest BCUT2D eigenvalue weighted by Gasteiger charge is -1.97. The minimum absolute atomic E-state index is 1.14. The first-order valence-corrected chi connectivity index (χ1v) is 4.49. The van der Waals surface area contributed by atoms with E-state index >= 15 is 0 Å². The molecule has 0 fully saturated rings. The molecule has 0 bridgehead atoms. The van der Waals surface area contributed by atoms with E-state index < -0.39 is 0 Å². The second-order valence-electron chi connectivity index (χ2n) is 3.19. The minimum atomic E-state index is 1.14. The number of benzene rings is 1. The van der Waals surface area contributed by atoms with Crippen LogP contribution in [0.3, 0.4) is 0 Å². The van der Waals surface area contributed by atoms with Crippen LogP contribution in [0.2, 0.25) is 0 Å². The second kappa shape index (κ2) is 2.73. The molecule has 3 aromatic rings. The van der Waals surface area contributed by atoms with Crippen molar-refractivity contribution in [3.8, 4) is 5.69 Å². The number of para-hydroxylation sites is 1. The first kappa shape index (κ1) is 7.38. The molecule has 3 nitrogen and oxygen atoms in total. The largest absolute Gasteiger partial charge is 0.359 e. The summed E-state index contributed by atoms with van der Waals surface area (Å²) in [7, 11) is 0. The summed E-state index contributed by atoms with van der Waals surface area (Å²) >= 11 is 0. The molecule has 0 amide bonds. The molecule has 0 aliphatic rings. The van der Waals surface area contributed by atoms with Crippen LogP contribution in [-0.4, -0.2) is 14.5 Å². The Bertz CT molecular complexity index is 549. The summed E-state index contributed by atoms with van der Waals surface area (Å²) in [4.78, 5) is 7.26. The summed E-state index contributed by atoms with van der Waals surface area (Å²) in [5.74, 6) is 0. The molecule has 2 aromatic heterocycles. The first-order valence-electron chi connectivity index (χ1n) is 4.49. The average Bonchev–Trinajstić information content (AvgIpc) is 2.85. The Balaban J connectivity index is 2.33. The third kappa shape index (κ3) is 0.956. The number of H-pyrrole nitrogens is 1. The van der Waals surface area contributed by atoms with Gasteiger partial charge in [-0.05, 0) is 6.07 Å². The highest BCUT2D eigenvalue weighted by Gasteiger charge is 2.02. The quantitative estimate of drug-likeness (QED) is 0.617. The predicted molar refractivity (Wildman–Crippen MR) is 55.4 cm³/mol. The Morgan fingerprint density at radius 1 is 1.21 bits per heavy atom. The van der Waals surface area contributed by atoms with Crippen molar-refractivity contribution in [2.45, 2.75) is 0 Å². The maximum atomic E-state index is 4.03. The number of hydrogen-bond acceptors (Lipinski definition) is 1. The number of aromatic amines is 1. The monoisotopic (exact) mass is 183 g/mol. The zero-order valence-electron chi connectivity index (χ0n) is 7.51. The number of fused-ring (bicyclic) bond motifs is 1. The highest BCUT2D eigenvalue weighted by atomic mass is 15.0. The van der Waals surface area contributed by atoms with Crippen LogP contribution in [-0.2, 0) is 0 Å². The van der Waals surface area contributed by atoms with Crippen LogP contribution in [0, 0.1) is 0 Å². The van der Waals surface area contributed by atoms with Gasteiger partial charge in [0.05, 0.1) is 12.0 Å². The van der Waals surface area contributed by atoms with Gasteiger partial charge in [0.2, 0.25) is 0 Å². The molecule has 3 rings (SSSR count). The van der Waals surface area contributed by atoms with E-state index in [1.807, 2.05) is 29.1 Å². The van der Waals surface area contributed by atoms with Gasteiger partial charge >= 0.3 is 0 Å².